The highest BCUT2D eigenvalue weighted by Crippen LogP contribution is 2.35. The average Bonchev–Trinajstić information content (AvgIpc) is 3.26. The second kappa shape index (κ2) is 8.24. The van der Waals surface area contributed by atoms with Gasteiger partial charge in [0.15, 0.2) is 5.82 Å². The highest BCUT2D eigenvalue weighted by Gasteiger charge is 2.18. The molecule has 134 valence electrons. The summed E-state index contributed by atoms with van der Waals surface area (Å²) in [6, 6.07) is 3.65. The van der Waals surface area contributed by atoms with Gasteiger partial charge in [-0.25, -0.2) is 0 Å². The van der Waals surface area contributed by atoms with E-state index in [1.165, 1.54) is 11.0 Å². The van der Waals surface area contributed by atoms with Crippen LogP contribution in [0.25, 0.3) is 17.1 Å². The predicted molar refractivity (Wildman–Crippen MR) is 93.5 cm³/mol. The quantitative estimate of drug-likeness (QED) is 0.686. The van der Waals surface area contributed by atoms with E-state index in [9.17, 15) is 0 Å². The van der Waals surface area contributed by atoms with E-state index in [0.717, 1.165) is 0 Å². The van der Waals surface area contributed by atoms with Gasteiger partial charge in [0.25, 0.3) is 5.89 Å². The highest BCUT2D eigenvalue weighted by molar-refractivity contribution is 6.32. The first-order valence-corrected chi connectivity index (χ1v) is 7.61. The van der Waals surface area contributed by atoms with Crippen LogP contribution in [0.1, 0.15) is 12.7 Å². The van der Waals surface area contributed by atoms with Crippen LogP contribution < -0.4 is 10.1 Å². The molecule has 3 aromatic rings. The van der Waals surface area contributed by atoms with Crippen LogP contribution in [0.3, 0.4) is 0 Å². The number of nitrogens with one attached hydrogen (secondary N) is 1. The Kier molecular flexibility index (Phi) is 6.29. The first-order chi connectivity index (χ1) is 11.6. The Labute approximate surface area is 155 Å². The SMILES string of the molecule is CNC(C)Cc1noc(-c2cc(Cl)c(-n3cnnn3)cc2OC)n1.Cl. The number of methoxy groups -OCH3 is 1. The summed E-state index contributed by atoms with van der Waals surface area (Å²) in [6.45, 7) is 2.04. The molecule has 9 nitrogen and oxygen atoms in total. The van der Waals surface area contributed by atoms with Crippen molar-refractivity contribution in [3.8, 4) is 22.9 Å². The minimum absolute atomic E-state index is 0. The maximum atomic E-state index is 6.34. The van der Waals surface area contributed by atoms with Crippen molar-refractivity contribution in [3.63, 3.8) is 0 Å². The molecule has 0 amide bonds. The molecule has 3 rings (SSSR count). The highest BCUT2D eigenvalue weighted by atomic mass is 35.5. The zero-order valence-electron chi connectivity index (χ0n) is 13.8. The summed E-state index contributed by atoms with van der Waals surface area (Å²) < 4.78 is 12.2. The molecular weight excluding hydrogens is 369 g/mol. The number of rotatable bonds is 6. The summed E-state index contributed by atoms with van der Waals surface area (Å²) in [5.41, 5.74) is 1.20. The average molecular weight is 386 g/mol. The molecule has 0 spiro atoms. The largest absolute Gasteiger partial charge is 0.496 e. The fraction of sp³-hybridized carbons (Fsp3) is 0.357. The minimum atomic E-state index is 0. The number of hydrogen-bond acceptors (Lipinski definition) is 8. The summed E-state index contributed by atoms with van der Waals surface area (Å²) in [4.78, 5) is 4.41. The Morgan fingerprint density at radius 1 is 1.40 bits per heavy atom. The van der Waals surface area contributed by atoms with Crippen molar-refractivity contribution in [2.75, 3.05) is 14.2 Å². The number of tetrazole rings is 1. The Hall–Kier alpha value is -2.23. The molecule has 2 aromatic heterocycles. The lowest BCUT2D eigenvalue weighted by Crippen LogP contribution is -2.24. The monoisotopic (exact) mass is 385 g/mol. The normalized spacial score (nSPS) is 11.8. The number of likely N-dealkylation sites (N-methyl/N-ethyl adjacent to an activating group) is 1. The van der Waals surface area contributed by atoms with Crippen LogP contribution in [0, 0.1) is 0 Å². The molecule has 0 saturated heterocycles. The van der Waals surface area contributed by atoms with E-state index < -0.39 is 0 Å². The Bertz CT molecular complexity index is 823. The van der Waals surface area contributed by atoms with Crippen LogP contribution in [-0.2, 0) is 6.42 Å². The van der Waals surface area contributed by atoms with Gasteiger partial charge in [-0.1, -0.05) is 16.8 Å². The molecule has 25 heavy (non-hydrogen) atoms. The number of aromatic nitrogens is 6. The summed E-state index contributed by atoms with van der Waals surface area (Å²) in [7, 11) is 3.43. The molecule has 1 atom stereocenters. The number of ether oxygens (including phenoxy) is 1. The lowest BCUT2D eigenvalue weighted by molar-refractivity contribution is 0.401. The molecule has 0 aliphatic rings. The van der Waals surface area contributed by atoms with Gasteiger partial charge in [0.05, 0.1) is 23.4 Å². The lowest BCUT2D eigenvalue weighted by atomic mass is 10.1. The van der Waals surface area contributed by atoms with E-state index >= 15 is 0 Å². The second-order valence-electron chi connectivity index (χ2n) is 5.17. The first-order valence-electron chi connectivity index (χ1n) is 7.23. The van der Waals surface area contributed by atoms with Gasteiger partial charge in [-0.05, 0) is 30.5 Å². The third-order valence-electron chi connectivity index (χ3n) is 3.54. The molecule has 0 aliphatic carbocycles. The summed E-state index contributed by atoms with van der Waals surface area (Å²) in [5, 5.41) is 18.6. The van der Waals surface area contributed by atoms with Crippen LogP contribution >= 0.6 is 24.0 Å². The van der Waals surface area contributed by atoms with Crippen molar-refractivity contribution in [2.45, 2.75) is 19.4 Å². The summed E-state index contributed by atoms with van der Waals surface area (Å²) in [6.07, 6.45) is 2.10. The van der Waals surface area contributed by atoms with Gasteiger partial charge in [0.1, 0.15) is 12.1 Å². The molecule has 1 unspecified atom stereocenters. The fourth-order valence-electron chi connectivity index (χ4n) is 2.15. The smallest absolute Gasteiger partial charge is 0.261 e. The molecular formula is C14H17Cl2N7O2. The van der Waals surface area contributed by atoms with Crippen molar-refractivity contribution in [2.24, 2.45) is 0 Å². The van der Waals surface area contributed by atoms with Crippen LogP contribution in [0.2, 0.25) is 5.02 Å². The zero-order valence-corrected chi connectivity index (χ0v) is 15.4. The van der Waals surface area contributed by atoms with E-state index in [2.05, 4.69) is 31.0 Å². The van der Waals surface area contributed by atoms with Crippen LogP contribution in [0.5, 0.6) is 5.75 Å². The molecule has 0 aliphatic heterocycles. The van der Waals surface area contributed by atoms with E-state index in [1.807, 2.05) is 14.0 Å². The van der Waals surface area contributed by atoms with E-state index in [1.54, 1.807) is 19.2 Å². The molecule has 1 N–H and O–H groups in total. The van der Waals surface area contributed by atoms with Gasteiger partial charge in [0, 0.05) is 18.5 Å². The number of benzene rings is 1. The van der Waals surface area contributed by atoms with Crippen molar-refractivity contribution >= 4 is 24.0 Å². The molecule has 1 aromatic carbocycles. The van der Waals surface area contributed by atoms with Gasteiger partial charge in [-0.2, -0.15) is 9.67 Å². The molecule has 0 saturated carbocycles. The number of halogens is 2. The van der Waals surface area contributed by atoms with Crippen LogP contribution in [0.4, 0.5) is 0 Å². The van der Waals surface area contributed by atoms with Gasteiger partial charge < -0.3 is 14.6 Å². The van der Waals surface area contributed by atoms with Crippen molar-refractivity contribution < 1.29 is 9.26 Å². The molecule has 0 fully saturated rings. The van der Waals surface area contributed by atoms with Crippen LogP contribution in [0.15, 0.2) is 23.0 Å². The van der Waals surface area contributed by atoms with Crippen molar-refractivity contribution in [1.29, 1.82) is 0 Å². The van der Waals surface area contributed by atoms with E-state index in [4.69, 9.17) is 20.9 Å². The van der Waals surface area contributed by atoms with E-state index in [-0.39, 0.29) is 18.4 Å². The standard InChI is InChI=1S/C14H16ClN7O2.ClH/c1-8(16-2)4-13-18-14(24-19-13)9-5-10(15)11(6-12(9)23-3)22-7-17-20-21-22;/h5-8,16H,4H2,1-3H3;1H. The molecule has 11 heteroatoms. The van der Waals surface area contributed by atoms with Gasteiger partial charge >= 0.3 is 0 Å². The fourth-order valence-corrected chi connectivity index (χ4v) is 2.40. The summed E-state index contributed by atoms with van der Waals surface area (Å²) in [5.74, 6) is 1.48. The first kappa shape index (κ1) is 19.1. The zero-order chi connectivity index (χ0) is 17.1. The molecule has 0 radical (unpaired) electrons. The van der Waals surface area contributed by atoms with Gasteiger partial charge in [0.2, 0.25) is 0 Å². The Morgan fingerprint density at radius 3 is 2.84 bits per heavy atom. The Balaban J connectivity index is 0.00000225. The maximum absolute atomic E-state index is 6.34. The summed E-state index contributed by atoms with van der Waals surface area (Å²) >= 11 is 6.34. The number of nitrogens with zero attached hydrogens (tertiary/aromatic N) is 6. The second-order valence-corrected chi connectivity index (χ2v) is 5.58. The minimum Gasteiger partial charge on any atom is -0.496 e. The van der Waals surface area contributed by atoms with E-state index in [0.29, 0.717) is 40.2 Å². The number of hydrogen-bond donors (Lipinski definition) is 1. The predicted octanol–water partition coefficient (Wildman–Crippen LogP) is 1.95. The van der Waals surface area contributed by atoms with Gasteiger partial charge in [-0.15, -0.1) is 17.5 Å². The third kappa shape index (κ3) is 4.06. The van der Waals surface area contributed by atoms with Crippen molar-refractivity contribution in [1.82, 2.24) is 35.7 Å². The molecule has 0 bridgehead atoms. The van der Waals surface area contributed by atoms with Crippen LogP contribution in [-0.4, -0.2) is 50.5 Å². The van der Waals surface area contributed by atoms with Gasteiger partial charge in [-0.3, -0.25) is 0 Å². The Morgan fingerprint density at radius 2 is 2.20 bits per heavy atom. The molecule has 2 heterocycles. The third-order valence-corrected chi connectivity index (χ3v) is 3.85. The topological polar surface area (TPSA) is 104 Å². The maximum Gasteiger partial charge on any atom is 0.261 e. The van der Waals surface area contributed by atoms with Crippen molar-refractivity contribution in [3.05, 3.63) is 29.3 Å². The lowest BCUT2D eigenvalue weighted by Gasteiger charge is -2.09.